The smallest absolute Gasteiger partial charge is 0.262 e. The molecule has 0 saturated carbocycles. The molecule has 1 atom stereocenters. The number of carbonyl (C=O) groups is 1. The molecule has 0 fully saturated rings. The first-order chi connectivity index (χ1) is 14.8. The highest BCUT2D eigenvalue weighted by molar-refractivity contribution is 7.99. The summed E-state index contributed by atoms with van der Waals surface area (Å²) in [5.41, 5.74) is 1.65. The zero-order chi connectivity index (χ0) is 22.4. The third-order valence-corrected chi connectivity index (χ3v) is 6.33. The molecule has 3 rings (SSSR count). The van der Waals surface area contributed by atoms with E-state index in [0.29, 0.717) is 40.1 Å². The summed E-state index contributed by atoms with van der Waals surface area (Å²) in [5.74, 6) is 0.791. The summed E-state index contributed by atoms with van der Waals surface area (Å²) in [6.07, 6.45) is 0.856. The maximum absolute atomic E-state index is 13.1. The Kier molecular flexibility index (Phi) is 8.15. The Balaban J connectivity index is 1.72. The molecule has 0 spiro atoms. The molecule has 31 heavy (non-hydrogen) atoms. The number of halogens is 1. The molecule has 0 saturated heterocycles. The molecule has 2 aromatic carbocycles. The van der Waals surface area contributed by atoms with Crippen LogP contribution in [0.2, 0.25) is 5.02 Å². The lowest BCUT2D eigenvalue weighted by Gasteiger charge is -2.15. The van der Waals surface area contributed by atoms with Gasteiger partial charge < -0.3 is 5.32 Å². The molecule has 0 bridgehead atoms. The summed E-state index contributed by atoms with van der Waals surface area (Å²) in [6.45, 7) is 7.45. The Morgan fingerprint density at radius 2 is 1.90 bits per heavy atom. The van der Waals surface area contributed by atoms with Gasteiger partial charge in [-0.3, -0.25) is 14.2 Å². The molecule has 1 heterocycles. The van der Waals surface area contributed by atoms with Gasteiger partial charge in [-0.2, -0.15) is 0 Å². The number of hydrogen-bond acceptors (Lipinski definition) is 4. The number of amides is 1. The molecule has 0 aliphatic rings. The van der Waals surface area contributed by atoms with Gasteiger partial charge in [0.15, 0.2) is 5.16 Å². The van der Waals surface area contributed by atoms with E-state index in [9.17, 15) is 9.59 Å². The lowest BCUT2D eigenvalue weighted by molar-refractivity contribution is -0.118. The van der Waals surface area contributed by atoms with Gasteiger partial charge in [0.25, 0.3) is 5.56 Å². The van der Waals surface area contributed by atoms with Crippen LogP contribution in [0, 0.1) is 5.92 Å². The average Bonchev–Trinajstić information content (AvgIpc) is 2.75. The molecule has 1 aromatic heterocycles. The van der Waals surface area contributed by atoms with E-state index in [0.717, 1.165) is 6.42 Å². The number of carbonyl (C=O) groups excluding carboxylic acids is 1. The summed E-state index contributed by atoms with van der Waals surface area (Å²) in [6, 6.07) is 15.2. The molecule has 0 aliphatic heterocycles. The number of hydrogen-bond donors (Lipinski definition) is 1. The maximum atomic E-state index is 13.1. The fourth-order valence-corrected chi connectivity index (χ4v) is 4.24. The van der Waals surface area contributed by atoms with Crippen LogP contribution in [-0.2, 0) is 11.3 Å². The first kappa shape index (κ1) is 23.4. The van der Waals surface area contributed by atoms with Crippen molar-refractivity contribution in [2.75, 3.05) is 12.3 Å². The second-order valence-corrected chi connectivity index (χ2v) is 9.48. The molecule has 7 heteroatoms. The van der Waals surface area contributed by atoms with E-state index in [-0.39, 0.29) is 23.1 Å². The Hall–Kier alpha value is -2.31. The topological polar surface area (TPSA) is 64.0 Å². The number of aromatic nitrogens is 2. The predicted octanol–water partition coefficient (Wildman–Crippen LogP) is 5.11. The SMILES string of the molecule is CC(C)CCn1c(SCC(=O)NCC(C)c2ccccc2)nc2cc(Cl)ccc2c1=O. The van der Waals surface area contributed by atoms with Crippen molar-refractivity contribution in [2.45, 2.75) is 44.8 Å². The Morgan fingerprint density at radius 1 is 1.16 bits per heavy atom. The van der Waals surface area contributed by atoms with Gasteiger partial charge in [-0.1, -0.05) is 74.5 Å². The molecule has 1 unspecified atom stereocenters. The van der Waals surface area contributed by atoms with Crippen molar-refractivity contribution < 1.29 is 4.79 Å². The Bertz CT molecular complexity index is 1100. The fourth-order valence-electron chi connectivity index (χ4n) is 3.22. The van der Waals surface area contributed by atoms with Crippen LogP contribution in [0.3, 0.4) is 0 Å². The largest absolute Gasteiger partial charge is 0.355 e. The monoisotopic (exact) mass is 457 g/mol. The van der Waals surface area contributed by atoms with Gasteiger partial charge in [-0.25, -0.2) is 4.98 Å². The highest BCUT2D eigenvalue weighted by Gasteiger charge is 2.15. The van der Waals surface area contributed by atoms with E-state index in [1.165, 1.54) is 17.3 Å². The molecule has 0 aliphatic carbocycles. The normalized spacial score (nSPS) is 12.3. The Labute approximate surface area is 192 Å². The van der Waals surface area contributed by atoms with Crippen LogP contribution in [0.4, 0.5) is 0 Å². The summed E-state index contributed by atoms with van der Waals surface area (Å²) < 4.78 is 1.68. The number of nitrogens with one attached hydrogen (secondary N) is 1. The summed E-state index contributed by atoms with van der Waals surface area (Å²) >= 11 is 7.38. The van der Waals surface area contributed by atoms with Gasteiger partial charge in [0.1, 0.15) is 0 Å². The van der Waals surface area contributed by atoms with Gasteiger partial charge in [-0.05, 0) is 42.0 Å². The summed E-state index contributed by atoms with van der Waals surface area (Å²) in [7, 11) is 0. The van der Waals surface area contributed by atoms with Crippen molar-refractivity contribution in [1.82, 2.24) is 14.9 Å². The number of thioether (sulfide) groups is 1. The lowest BCUT2D eigenvalue weighted by Crippen LogP contribution is -2.30. The van der Waals surface area contributed by atoms with Gasteiger partial charge in [0.05, 0.1) is 16.7 Å². The predicted molar refractivity (Wildman–Crippen MR) is 129 cm³/mol. The fraction of sp³-hybridized carbons (Fsp3) is 0.375. The van der Waals surface area contributed by atoms with Gasteiger partial charge in [0, 0.05) is 18.1 Å². The number of nitrogens with zero attached hydrogens (tertiary/aromatic N) is 2. The standard InChI is InChI=1S/C24H28ClN3O2S/c1-16(2)11-12-28-23(30)20-10-9-19(25)13-21(20)27-24(28)31-15-22(29)26-14-17(3)18-7-5-4-6-8-18/h4-10,13,16-17H,11-12,14-15H2,1-3H3,(H,26,29). The van der Waals surface area contributed by atoms with E-state index in [1.54, 1.807) is 22.8 Å². The van der Waals surface area contributed by atoms with Crippen LogP contribution >= 0.6 is 23.4 Å². The van der Waals surface area contributed by atoms with Crippen LogP contribution in [0.1, 0.15) is 38.7 Å². The van der Waals surface area contributed by atoms with Crippen molar-refractivity contribution in [3.63, 3.8) is 0 Å². The Morgan fingerprint density at radius 3 is 2.61 bits per heavy atom. The zero-order valence-corrected chi connectivity index (χ0v) is 19.7. The number of rotatable bonds is 9. The van der Waals surface area contributed by atoms with Crippen molar-refractivity contribution in [1.29, 1.82) is 0 Å². The quantitative estimate of drug-likeness (QED) is 0.358. The third-order valence-electron chi connectivity index (χ3n) is 5.12. The molecule has 1 N–H and O–H groups in total. The molecular formula is C24H28ClN3O2S. The minimum atomic E-state index is -0.0945. The molecule has 3 aromatic rings. The van der Waals surface area contributed by atoms with E-state index < -0.39 is 0 Å². The van der Waals surface area contributed by atoms with Crippen molar-refractivity contribution in [2.24, 2.45) is 5.92 Å². The van der Waals surface area contributed by atoms with E-state index in [4.69, 9.17) is 11.6 Å². The number of fused-ring (bicyclic) bond motifs is 1. The second kappa shape index (κ2) is 10.8. The number of benzene rings is 2. The molecule has 5 nitrogen and oxygen atoms in total. The van der Waals surface area contributed by atoms with Crippen LogP contribution in [0.15, 0.2) is 58.5 Å². The molecular weight excluding hydrogens is 430 g/mol. The maximum Gasteiger partial charge on any atom is 0.262 e. The van der Waals surface area contributed by atoms with Gasteiger partial charge in [-0.15, -0.1) is 0 Å². The van der Waals surface area contributed by atoms with Crippen molar-refractivity contribution >= 4 is 40.2 Å². The molecule has 0 radical (unpaired) electrons. The van der Waals surface area contributed by atoms with E-state index in [2.05, 4.69) is 43.2 Å². The first-order valence-corrected chi connectivity index (χ1v) is 11.9. The van der Waals surface area contributed by atoms with Crippen LogP contribution in [0.25, 0.3) is 10.9 Å². The van der Waals surface area contributed by atoms with Crippen LogP contribution in [0.5, 0.6) is 0 Å². The summed E-state index contributed by atoms with van der Waals surface area (Å²) in [4.78, 5) is 30.2. The molecule has 1 amide bonds. The second-order valence-electron chi connectivity index (χ2n) is 8.10. The van der Waals surface area contributed by atoms with Crippen molar-refractivity contribution in [3.05, 3.63) is 69.5 Å². The van der Waals surface area contributed by atoms with Crippen LogP contribution < -0.4 is 10.9 Å². The zero-order valence-electron chi connectivity index (χ0n) is 18.1. The average molecular weight is 458 g/mol. The van der Waals surface area contributed by atoms with Gasteiger partial charge >= 0.3 is 0 Å². The minimum Gasteiger partial charge on any atom is -0.355 e. The van der Waals surface area contributed by atoms with Crippen LogP contribution in [-0.4, -0.2) is 27.8 Å². The molecule has 164 valence electrons. The van der Waals surface area contributed by atoms with E-state index >= 15 is 0 Å². The van der Waals surface area contributed by atoms with Crippen molar-refractivity contribution in [3.8, 4) is 0 Å². The van der Waals surface area contributed by atoms with E-state index in [1.807, 2.05) is 18.2 Å². The lowest BCUT2D eigenvalue weighted by atomic mass is 10.0. The third kappa shape index (κ3) is 6.34. The summed E-state index contributed by atoms with van der Waals surface area (Å²) in [5, 5.41) is 4.60. The first-order valence-electron chi connectivity index (χ1n) is 10.5. The highest BCUT2D eigenvalue weighted by atomic mass is 35.5. The minimum absolute atomic E-state index is 0.0800. The highest BCUT2D eigenvalue weighted by Crippen LogP contribution is 2.21. The van der Waals surface area contributed by atoms with Gasteiger partial charge in [0.2, 0.25) is 5.91 Å².